The summed E-state index contributed by atoms with van der Waals surface area (Å²) in [5, 5.41) is 1.05. The van der Waals surface area contributed by atoms with Gasteiger partial charge >= 0.3 is 0 Å². The van der Waals surface area contributed by atoms with E-state index >= 15 is 0 Å². The summed E-state index contributed by atoms with van der Waals surface area (Å²) >= 11 is 2.27. The van der Waals surface area contributed by atoms with Crippen molar-refractivity contribution in [3.05, 3.63) is 24.3 Å². The van der Waals surface area contributed by atoms with E-state index in [0.29, 0.717) is 11.5 Å². The molecule has 0 bridgehead atoms. The van der Waals surface area contributed by atoms with Gasteiger partial charge in [0, 0.05) is 16.6 Å². The van der Waals surface area contributed by atoms with Crippen LogP contribution in [0.3, 0.4) is 0 Å². The molecule has 0 N–H and O–H groups in total. The Morgan fingerprint density at radius 2 is 1.24 bits per heavy atom. The highest BCUT2D eigenvalue weighted by Crippen LogP contribution is 2.12. The summed E-state index contributed by atoms with van der Waals surface area (Å²) in [4.78, 5) is 0. The van der Waals surface area contributed by atoms with Gasteiger partial charge in [0.15, 0.2) is 0 Å². The molecule has 0 saturated heterocycles. The van der Waals surface area contributed by atoms with Crippen LogP contribution in [0.4, 0.5) is 0 Å². The van der Waals surface area contributed by atoms with Gasteiger partial charge < -0.3 is 9.11 Å². The van der Waals surface area contributed by atoms with Crippen molar-refractivity contribution < 1.29 is 9.11 Å². The highest BCUT2D eigenvalue weighted by Gasteiger charge is 1.91. The molecule has 100 valence electrons. The second-order valence-corrected chi connectivity index (χ2v) is 8.67. The Balaban J connectivity index is 3.18. The van der Waals surface area contributed by atoms with Gasteiger partial charge in [-0.25, -0.2) is 0 Å². The minimum atomic E-state index is -0.717. The van der Waals surface area contributed by atoms with Gasteiger partial charge in [-0.3, -0.25) is 0 Å². The third-order valence-corrected chi connectivity index (χ3v) is 5.10. The van der Waals surface area contributed by atoms with E-state index in [-0.39, 0.29) is 0 Å². The first kappa shape index (κ1) is 17.8. The minimum Gasteiger partial charge on any atom is -0.616 e. The molecule has 0 heterocycles. The van der Waals surface area contributed by atoms with Crippen LogP contribution in [0, 0.1) is 0 Å². The first-order valence-corrected chi connectivity index (χ1v) is 10.9. The zero-order valence-corrected chi connectivity index (χ0v) is 13.6. The molecule has 0 aromatic heterocycles. The summed E-state index contributed by atoms with van der Waals surface area (Å²) in [5.41, 5.74) is 0. The van der Waals surface area contributed by atoms with E-state index in [1.807, 2.05) is 35.7 Å². The lowest BCUT2D eigenvalue weighted by Crippen LogP contribution is -1.99. The molecule has 17 heavy (non-hydrogen) atoms. The van der Waals surface area contributed by atoms with E-state index in [9.17, 15) is 9.11 Å². The molecule has 0 aromatic carbocycles. The van der Waals surface area contributed by atoms with E-state index in [1.54, 1.807) is 12.5 Å². The maximum Gasteiger partial charge on any atom is 0.123 e. The summed E-state index contributed by atoms with van der Waals surface area (Å²) < 4.78 is 21.5. The third-order valence-electron chi connectivity index (χ3n) is 1.59. The molecule has 0 spiro atoms. The van der Waals surface area contributed by atoms with Gasteiger partial charge in [-0.05, 0) is 12.2 Å². The first-order chi connectivity index (χ1) is 8.13. The summed E-state index contributed by atoms with van der Waals surface area (Å²) in [7, 11) is 0. The Bertz CT molecular complexity index is 196. The van der Waals surface area contributed by atoms with Crippen molar-refractivity contribution in [2.24, 2.45) is 0 Å². The number of hydrogen-bond acceptors (Lipinski definition) is 4. The van der Waals surface area contributed by atoms with E-state index in [0.717, 1.165) is 16.6 Å². The lowest BCUT2D eigenvalue weighted by molar-refractivity contribution is 0.602. The van der Waals surface area contributed by atoms with E-state index in [1.165, 1.54) is 0 Å². The van der Waals surface area contributed by atoms with Gasteiger partial charge in [0.1, 0.15) is 11.5 Å². The van der Waals surface area contributed by atoms with Crippen molar-refractivity contribution in [1.82, 2.24) is 0 Å². The SMILES string of the molecule is C[S+]([O-])CC=CCSCSCC=CC[S+](C)[O-]. The van der Waals surface area contributed by atoms with Crippen molar-refractivity contribution in [2.45, 2.75) is 0 Å². The van der Waals surface area contributed by atoms with Gasteiger partial charge in [-0.2, -0.15) is 0 Å². The van der Waals surface area contributed by atoms with Gasteiger partial charge in [0.2, 0.25) is 0 Å². The molecule has 6 heteroatoms. The molecule has 2 atom stereocenters. The van der Waals surface area contributed by atoms with Crippen molar-refractivity contribution in [3.63, 3.8) is 0 Å². The predicted molar refractivity (Wildman–Crippen MR) is 85.9 cm³/mol. The molecule has 2 unspecified atom stereocenters. The van der Waals surface area contributed by atoms with Crippen LogP contribution in [0.25, 0.3) is 0 Å². The molecule has 2 nitrogen and oxygen atoms in total. The fourth-order valence-electron chi connectivity index (χ4n) is 0.834. The molecule has 0 rings (SSSR count). The van der Waals surface area contributed by atoms with Crippen LogP contribution >= 0.6 is 23.5 Å². The van der Waals surface area contributed by atoms with Crippen LogP contribution in [0.1, 0.15) is 0 Å². The zero-order chi connectivity index (χ0) is 12.9. The topological polar surface area (TPSA) is 46.1 Å². The third kappa shape index (κ3) is 16.8. The average Bonchev–Trinajstić information content (AvgIpc) is 2.25. The minimum absolute atomic E-state index is 0.657. The largest absolute Gasteiger partial charge is 0.616 e. The predicted octanol–water partition coefficient (Wildman–Crippen LogP) is 2.28. The van der Waals surface area contributed by atoms with E-state index in [4.69, 9.17) is 0 Å². The lowest BCUT2D eigenvalue weighted by atomic mass is 10.6. The molecule has 0 fully saturated rings. The number of thioether (sulfide) groups is 2. The fourth-order valence-corrected chi connectivity index (χ4v) is 3.43. The molecular weight excluding hydrogens is 292 g/mol. The Kier molecular flexibility index (Phi) is 13.9. The average molecular weight is 313 g/mol. The summed E-state index contributed by atoms with van der Waals surface area (Å²) in [5.74, 6) is 3.27. The molecule has 0 amide bonds. The zero-order valence-electron chi connectivity index (χ0n) is 10.3. The maximum absolute atomic E-state index is 10.7. The second-order valence-electron chi connectivity index (χ2n) is 3.28. The van der Waals surface area contributed by atoms with Crippen molar-refractivity contribution in [1.29, 1.82) is 0 Å². The van der Waals surface area contributed by atoms with Gasteiger partial charge in [0.05, 0.1) is 12.5 Å². The van der Waals surface area contributed by atoms with Crippen LogP contribution in [-0.4, -0.2) is 49.7 Å². The van der Waals surface area contributed by atoms with Crippen LogP contribution in [0.15, 0.2) is 24.3 Å². The Hall–Kier alpha value is 0.800. The summed E-state index contributed by atoms with van der Waals surface area (Å²) in [6.45, 7) is 0. The Morgan fingerprint density at radius 1 is 0.824 bits per heavy atom. The van der Waals surface area contributed by atoms with Crippen molar-refractivity contribution in [3.8, 4) is 0 Å². The Morgan fingerprint density at radius 3 is 1.59 bits per heavy atom. The first-order valence-electron chi connectivity index (χ1n) is 5.18. The molecule has 0 aliphatic carbocycles. The van der Waals surface area contributed by atoms with E-state index < -0.39 is 22.4 Å². The van der Waals surface area contributed by atoms with Gasteiger partial charge in [-0.1, -0.05) is 34.5 Å². The number of hydrogen-bond donors (Lipinski definition) is 0. The Labute approximate surface area is 119 Å². The van der Waals surface area contributed by atoms with Gasteiger partial charge in [0.25, 0.3) is 0 Å². The van der Waals surface area contributed by atoms with Crippen LogP contribution < -0.4 is 0 Å². The summed E-state index contributed by atoms with van der Waals surface area (Å²) in [6, 6.07) is 0. The molecule has 0 aliphatic rings. The highest BCUT2D eigenvalue weighted by molar-refractivity contribution is 8.16. The molecule has 0 saturated carbocycles. The quantitative estimate of drug-likeness (QED) is 0.269. The van der Waals surface area contributed by atoms with Gasteiger partial charge in [-0.15, -0.1) is 23.5 Å². The molecule has 0 radical (unpaired) electrons. The van der Waals surface area contributed by atoms with Crippen LogP contribution in [0.2, 0.25) is 0 Å². The lowest BCUT2D eigenvalue weighted by Gasteiger charge is -2.00. The highest BCUT2D eigenvalue weighted by atomic mass is 32.2. The smallest absolute Gasteiger partial charge is 0.123 e. The number of rotatable bonds is 10. The van der Waals surface area contributed by atoms with Crippen molar-refractivity contribution in [2.75, 3.05) is 40.6 Å². The fraction of sp³-hybridized carbons (Fsp3) is 0.636. The monoisotopic (exact) mass is 312 g/mol. The van der Waals surface area contributed by atoms with Crippen molar-refractivity contribution >= 4 is 45.9 Å². The molecule has 0 aliphatic heterocycles. The molecule has 0 aromatic rings. The van der Waals surface area contributed by atoms with Crippen LogP contribution in [0.5, 0.6) is 0 Å². The van der Waals surface area contributed by atoms with E-state index in [2.05, 4.69) is 12.2 Å². The normalized spacial score (nSPS) is 15.8. The van der Waals surface area contributed by atoms with Crippen LogP contribution in [-0.2, 0) is 22.4 Å². The second kappa shape index (κ2) is 13.2. The summed E-state index contributed by atoms with van der Waals surface area (Å²) in [6.07, 6.45) is 11.5. The maximum atomic E-state index is 10.7. The molecular formula is C11H20O2S4. The standard InChI is InChI=1S/C11H20O2S4/c1-16(12)9-5-3-7-14-11-15-8-4-6-10-17(2)13/h3-6H,7-11H2,1-2H3.